The Hall–Kier alpha value is -1.56. The molecule has 1 aromatic rings. The first-order valence-corrected chi connectivity index (χ1v) is 6.88. The van der Waals surface area contributed by atoms with E-state index in [1.807, 2.05) is 6.92 Å². The Labute approximate surface area is 122 Å². The Morgan fingerprint density at radius 2 is 1.86 bits per heavy atom. The molecule has 0 aromatic heterocycles. The molecule has 116 valence electrons. The third kappa shape index (κ3) is 3.20. The Morgan fingerprint density at radius 3 is 2.24 bits per heavy atom. The quantitative estimate of drug-likeness (QED) is 0.929. The molecule has 1 heterocycles. The van der Waals surface area contributed by atoms with Gasteiger partial charge in [-0.1, -0.05) is 31.2 Å². The zero-order valence-corrected chi connectivity index (χ0v) is 12.3. The highest BCUT2D eigenvalue weighted by molar-refractivity contribution is 5.83. The number of aryl methyl sites for hydroxylation is 1. The molecule has 1 aliphatic rings. The zero-order chi connectivity index (χ0) is 15.8. The number of hydrogen-bond donors (Lipinski definition) is 1. The van der Waals surface area contributed by atoms with Crippen molar-refractivity contribution in [1.29, 1.82) is 0 Å². The number of carbonyl (C=O) groups excluding carboxylic acids is 1. The maximum Gasteiger partial charge on any atom is 0.409 e. The highest BCUT2D eigenvalue weighted by Gasteiger charge is 2.50. The second-order valence-electron chi connectivity index (χ2n) is 5.99. The van der Waals surface area contributed by atoms with E-state index in [0.29, 0.717) is 0 Å². The summed E-state index contributed by atoms with van der Waals surface area (Å²) < 4.78 is 40.3. The predicted octanol–water partition coefficient (Wildman–Crippen LogP) is 3.23. The number of amides is 1. The van der Waals surface area contributed by atoms with Crippen LogP contribution in [0.5, 0.6) is 0 Å². The fourth-order valence-electron chi connectivity index (χ4n) is 2.46. The molecule has 0 bridgehead atoms. The summed E-state index contributed by atoms with van der Waals surface area (Å²) in [6.45, 7) is 5.23. The first-order chi connectivity index (χ1) is 9.65. The van der Waals surface area contributed by atoms with Crippen LogP contribution < -0.4 is 5.43 Å². The Morgan fingerprint density at radius 1 is 1.29 bits per heavy atom. The summed E-state index contributed by atoms with van der Waals surface area (Å²) in [6.07, 6.45) is -3.69. The van der Waals surface area contributed by atoms with E-state index in [-0.39, 0.29) is 18.0 Å². The summed E-state index contributed by atoms with van der Waals surface area (Å²) >= 11 is 0. The van der Waals surface area contributed by atoms with Gasteiger partial charge in [0.15, 0.2) is 0 Å². The lowest BCUT2D eigenvalue weighted by molar-refractivity contribution is -0.191. The average molecular weight is 300 g/mol. The minimum absolute atomic E-state index is 0.0194. The van der Waals surface area contributed by atoms with Crippen LogP contribution in [0, 0.1) is 5.41 Å². The normalized spacial score (nSPS) is 20.4. The van der Waals surface area contributed by atoms with Gasteiger partial charge in [-0.15, -0.1) is 0 Å². The van der Waals surface area contributed by atoms with Gasteiger partial charge in [-0.2, -0.15) is 13.2 Å². The standard InChI is InChI=1S/C15H19F3N2O/c1-4-10-5-7-11(8-6-10)12(15(16,17)18)20-9-14(2,3)13(21)19-20/h5-8,12H,4,9H2,1-3H3,(H,19,21). The maximum absolute atomic E-state index is 13.4. The monoisotopic (exact) mass is 300 g/mol. The lowest BCUT2D eigenvalue weighted by atomic mass is 9.93. The third-order valence-electron chi connectivity index (χ3n) is 3.75. The van der Waals surface area contributed by atoms with Crippen molar-refractivity contribution in [3.05, 3.63) is 35.4 Å². The summed E-state index contributed by atoms with van der Waals surface area (Å²) in [5, 5.41) is 0.989. The molecule has 2 rings (SSSR count). The molecule has 1 aliphatic heterocycles. The van der Waals surface area contributed by atoms with E-state index >= 15 is 0 Å². The van der Waals surface area contributed by atoms with Gasteiger partial charge in [0, 0.05) is 6.54 Å². The molecule has 21 heavy (non-hydrogen) atoms. The van der Waals surface area contributed by atoms with Crippen molar-refractivity contribution >= 4 is 5.91 Å². The molecule has 0 saturated carbocycles. The van der Waals surface area contributed by atoms with Gasteiger partial charge < -0.3 is 0 Å². The number of nitrogens with one attached hydrogen (secondary N) is 1. The van der Waals surface area contributed by atoms with Crippen LogP contribution in [0.15, 0.2) is 24.3 Å². The van der Waals surface area contributed by atoms with Crippen LogP contribution >= 0.6 is 0 Å². The Kier molecular flexibility index (Phi) is 4.02. The maximum atomic E-state index is 13.4. The van der Waals surface area contributed by atoms with Gasteiger partial charge in [0.2, 0.25) is 5.91 Å². The van der Waals surface area contributed by atoms with E-state index in [0.717, 1.165) is 17.0 Å². The average Bonchev–Trinajstić information content (AvgIpc) is 2.62. The number of rotatable bonds is 3. The first kappa shape index (κ1) is 15.8. The molecule has 0 spiro atoms. The first-order valence-electron chi connectivity index (χ1n) is 6.88. The number of carbonyl (C=O) groups is 1. The number of hydrogen-bond acceptors (Lipinski definition) is 2. The summed E-state index contributed by atoms with van der Waals surface area (Å²) in [5.74, 6) is -0.387. The van der Waals surface area contributed by atoms with Crippen LogP contribution in [-0.2, 0) is 11.2 Å². The molecule has 3 nitrogen and oxygen atoms in total. The fourth-order valence-corrected chi connectivity index (χ4v) is 2.46. The molecule has 1 N–H and O–H groups in total. The molecule has 1 atom stereocenters. The smallest absolute Gasteiger partial charge is 0.287 e. The molecule has 1 fully saturated rings. The van der Waals surface area contributed by atoms with E-state index < -0.39 is 17.6 Å². The van der Waals surface area contributed by atoms with Crippen LogP contribution in [0.25, 0.3) is 0 Å². The van der Waals surface area contributed by atoms with E-state index in [9.17, 15) is 18.0 Å². The highest BCUT2D eigenvalue weighted by atomic mass is 19.4. The van der Waals surface area contributed by atoms with Crippen molar-refractivity contribution < 1.29 is 18.0 Å². The van der Waals surface area contributed by atoms with E-state index in [4.69, 9.17) is 0 Å². The largest absolute Gasteiger partial charge is 0.409 e. The second-order valence-corrected chi connectivity index (χ2v) is 5.99. The highest BCUT2D eigenvalue weighted by Crippen LogP contribution is 2.40. The molecule has 1 aromatic carbocycles. The lowest BCUT2D eigenvalue weighted by Gasteiger charge is -2.30. The summed E-state index contributed by atoms with van der Waals surface area (Å²) in [6, 6.07) is 4.52. The molecule has 1 unspecified atom stereocenters. The fraction of sp³-hybridized carbons (Fsp3) is 0.533. The van der Waals surface area contributed by atoms with Crippen molar-refractivity contribution in [1.82, 2.24) is 10.4 Å². The topological polar surface area (TPSA) is 32.3 Å². The van der Waals surface area contributed by atoms with E-state index in [1.54, 1.807) is 26.0 Å². The summed E-state index contributed by atoms with van der Waals surface area (Å²) in [7, 11) is 0. The minimum atomic E-state index is -4.46. The van der Waals surface area contributed by atoms with Gasteiger partial charge in [-0.25, -0.2) is 5.01 Å². The predicted molar refractivity (Wildman–Crippen MR) is 73.2 cm³/mol. The molecule has 1 amide bonds. The molecular formula is C15H19F3N2O. The minimum Gasteiger partial charge on any atom is -0.287 e. The van der Waals surface area contributed by atoms with Gasteiger partial charge >= 0.3 is 6.18 Å². The number of halogens is 3. The van der Waals surface area contributed by atoms with Crippen LogP contribution in [0.1, 0.15) is 37.9 Å². The van der Waals surface area contributed by atoms with Gasteiger partial charge in [0.25, 0.3) is 0 Å². The van der Waals surface area contributed by atoms with E-state index in [2.05, 4.69) is 5.43 Å². The zero-order valence-electron chi connectivity index (χ0n) is 12.3. The SMILES string of the molecule is CCc1ccc(C(N2CC(C)(C)C(=O)N2)C(F)(F)F)cc1. The van der Waals surface area contributed by atoms with Gasteiger partial charge in [-0.05, 0) is 31.4 Å². The molecule has 0 aliphatic carbocycles. The van der Waals surface area contributed by atoms with Crippen molar-refractivity contribution in [2.45, 2.75) is 39.4 Å². The lowest BCUT2D eigenvalue weighted by Crippen LogP contribution is -2.43. The molecular weight excluding hydrogens is 281 g/mol. The Bertz CT molecular complexity index is 523. The van der Waals surface area contributed by atoms with Crippen LogP contribution in [-0.4, -0.2) is 23.6 Å². The summed E-state index contributed by atoms with van der Waals surface area (Å²) in [4.78, 5) is 11.7. The van der Waals surface area contributed by atoms with Crippen molar-refractivity contribution in [2.75, 3.05) is 6.54 Å². The van der Waals surface area contributed by atoms with E-state index in [1.165, 1.54) is 12.1 Å². The number of nitrogens with zero attached hydrogens (tertiary/aromatic N) is 1. The molecule has 0 radical (unpaired) electrons. The van der Waals surface area contributed by atoms with Crippen molar-refractivity contribution in [2.24, 2.45) is 5.41 Å². The van der Waals surface area contributed by atoms with Gasteiger partial charge in [0.1, 0.15) is 6.04 Å². The van der Waals surface area contributed by atoms with Crippen LogP contribution in [0.3, 0.4) is 0 Å². The second kappa shape index (κ2) is 5.33. The third-order valence-corrected chi connectivity index (χ3v) is 3.75. The molecule has 6 heteroatoms. The molecule has 1 saturated heterocycles. The number of benzene rings is 1. The number of alkyl halides is 3. The van der Waals surface area contributed by atoms with Gasteiger partial charge in [-0.3, -0.25) is 10.2 Å². The van der Waals surface area contributed by atoms with Crippen molar-refractivity contribution in [3.8, 4) is 0 Å². The number of hydrazine groups is 1. The van der Waals surface area contributed by atoms with Crippen LogP contribution in [0.2, 0.25) is 0 Å². The van der Waals surface area contributed by atoms with Crippen molar-refractivity contribution in [3.63, 3.8) is 0 Å². The van der Waals surface area contributed by atoms with Crippen LogP contribution in [0.4, 0.5) is 13.2 Å². The summed E-state index contributed by atoms with van der Waals surface area (Å²) in [5.41, 5.74) is 2.64. The Balaban J connectivity index is 2.34. The van der Waals surface area contributed by atoms with Gasteiger partial charge in [0.05, 0.1) is 5.41 Å².